The molecule has 0 spiro atoms. The fourth-order valence-corrected chi connectivity index (χ4v) is 2.59. The first-order chi connectivity index (χ1) is 14.5. The molecule has 0 aliphatic heterocycles. The summed E-state index contributed by atoms with van der Waals surface area (Å²) in [6.45, 7) is 2.38. The molecule has 2 N–H and O–H groups in total. The SMILES string of the molecule is CCOc1ccc(C(=O)NNC(=O)CCc2ncc(-c3ccc(F)cc3F)o2)cc1. The molecule has 7 nitrogen and oxygen atoms in total. The van der Waals surface area contributed by atoms with Crippen LogP contribution in [0.2, 0.25) is 0 Å². The van der Waals surface area contributed by atoms with Gasteiger partial charge in [-0.25, -0.2) is 13.8 Å². The van der Waals surface area contributed by atoms with Crippen molar-refractivity contribution in [3.63, 3.8) is 0 Å². The van der Waals surface area contributed by atoms with E-state index in [1.807, 2.05) is 6.92 Å². The van der Waals surface area contributed by atoms with Crippen molar-refractivity contribution in [2.24, 2.45) is 0 Å². The first-order valence-corrected chi connectivity index (χ1v) is 9.18. The third-order valence-electron chi connectivity index (χ3n) is 4.06. The number of hydrogen-bond donors (Lipinski definition) is 2. The van der Waals surface area contributed by atoms with E-state index in [0.717, 1.165) is 12.1 Å². The van der Waals surface area contributed by atoms with Crippen molar-refractivity contribution in [2.45, 2.75) is 19.8 Å². The van der Waals surface area contributed by atoms with Crippen molar-refractivity contribution in [3.8, 4) is 17.1 Å². The molecule has 3 rings (SSSR count). The standard InChI is InChI=1S/C21H19F2N3O4/c1-2-29-15-6-3-13(4-7-15)21(28)26-25-19(27)9-10-20-24-12-18(30-20)16-8-5-14(22)11-17(16)23/h3-8,11-12H,2,9-10H2,1H3,(H,25,27)(H,26,28). The van der Waals surface area contributed by atoms with Crippen LogP contribution in [-0.2, 0) is 11.2 Å². The minimum absolute atomic E-state index is 0.0184. The van der Waals surface area contributed by atoms with E-state index in [2.05, 4.69) is 15.8 Å². The van der Waals surface area contributed by atoms with Gasteiger partial charge in [-0.2, -0.15) is 0 Å². The second kappa shape index (κ2) is 9.64. The average molecular weight is 415 g/mol. The zero-order chi connectivity index (χ0) is 21.5. The molecule has 1 heterocycles. The maximum absolute atomic E-state index is 13.8. The van der Waals surface area contributed by atoms with Crippen molar-refractivity contribution in [1.29, 1.82) is 0 Å². The zero-order valence-corrected chi connectivity index (χ0v) is 16.1. The lowest BCUT2D eigenvalue weighted by molar-refractivity contribution is -0.121. The minimum Gasteiger partial charge on any atom is -0.494 e. The second-order valence-corrected chi connectivity index (χ2v) is 6.20. The Balaban J connectivity index is 1.48. The van der Waals surface area contributed by atoms with E-state index in [1.165, 1.54) is 12.3 Å². The Kier molecular flexibility index (Phi) is 6.74. The van der Waals surface area contributed by atoms with Crippen LogP contribution in [0, 0.1) is 11.6 Å². The van der Waals surface area contributed by atoms with Gasteiger partial charge in [0, 0.05) is 24.5 Å². The molecule has 0 radical (unpaired) electrons. The summed E-state index contributed by atoms with van der Waals surface area (Å²) in [4.78, 5) is 28.0. The molecule has 156 valence electrons. The number of halogens is 2. The van der Waals surface area contributed by atoms with Crippen LogP contribution in [-0.4, -0.2) is 23.4 Å². The molecule has 1 aromatic heterocycles. The van der Waals surface area contributed by atoms with Crippen LogP contribution < -0.4 is 15.6 Å². The van der Waals surface area contributed by atoms with Crippen LogP contribution in [0.4, 0.5) is 8.78 Å². The number of carbonyl (C=O) groups is 2. The smallest absolute Gasteiger partial charge is 0.269 e. The summed E-state index contributed by atoms with van der Waals surface area (Å²) < 4.78 is 37.5. The monoisotopic (exact) mass is 415 g/mol. The highest BCUT2D eigenvalue weighted by Crippen LogP contribution is 2.24. The van der Waals surface area contributed by atoms with Gasteiger partial charge in [-0.1, -0.05) is 0 Å². The number of amides is 2. The zero-order valence-electron chi connectivity index (χ0n) is 16.1. The van der Waals surface area contributed by atoms with E-state index in [-0.39, 0.29) is 30.1 Å². The molecular formula is C21H19F2N3O4. The van der Waals surface area contributed by atoms with Crippen LogP contribution in [0.25, 0.3) is 11.3 Å². The van der Waals surface area contributed by atoms with Gasteiger partial charge in [0.05, 0.1) is 18.4 Å². The Hall–Kier alpha value is -3.75. The number of aryl methyl sites for hydroxylation is 1. The maximum atomic E-state index is 13.8. The average Bonchev–Trinajstić information content (AvgIpc) is 3.20. The molecule has 0 aliphatic carbocycles. The predicted octanol–water partition coefficient (Wildman–Crippen LogP) is 3.41. The van der Waals surface area contributed by atoms with Gasteiger partial charge in [0.2, 0.25) is 5.91 Å². The van der Waals surface area contributed by atoms with Crippen molar-refractivity contribution >= 4 is 11.8 Å². The lowest BCUT2D eigenvalue weighted by Crippen LogP contribution is -2.41. The summed E-state index contributed by atoms with van der Waals surface area (Å²) in [6.07, 6.45) is 1.42. The van der Waals surface area contributed by atoms with E-state index < -0.39 is 23.4 Å². The Bertz CT molecular complexity index is 1030. The molecule has 2 aromatic carbocycles. The van der Waals surface area contributed by atoms with Crippen LogP contribution in [0.3, 0.4) is 0 Å². The van der Waals surface area contributed by atoms with E-state index in [9.17, 15) is 18.4 Å². The number of hydrogen-bond acceptors (Lipinski definition) is 5. The minimum atomic E-state index is -0.771. The van der Waals surface area contributed by atoms with Gasteiger partial charge in [0.1, 0.15) is 17.4 Å². The Morgan fingerprint density at radius 1 is 1.10 bits per heavy atom. The van der Waals surface area contributed by atoms with E-state index in [0.29, 0.717) is 17.9 Å². The first kappa shape index (κ1) is 21.0. The quantitative estimate of drug-likeness (QED) is 0.577. The predicted molar refractivity (Wildman–Crippen MR) is 103 cm³/mol. The third kappa shape index (κ3) is 5.40. The number of ether oxygens (including phenoxy) is 1. The summed E-state index contributed by atoms with van der Waals surface area (Å²) >= 11 is 0. The molecule has 0 saturated heterocycles. The van der Waals surface area contributed by atoms with Crippen LogP contribution in [0.1, 0.15) is 29.6 Å². The van der Waals surface area contributed by atoms with Crippen molar-refractivity contribution < 1.29 is 27.5 Å². The van der Waals surface area contributed by atoms with E-state index >= 15 is 0 Å². The normalized spacial score (nSPS) is 10.5. The van der Waals surface area contributed by atoms with Gasteiger partial charge in [0.15, 0.2) is 11.7 Å². The Morgan fingerprint density at radius 3 is 2.57 bits per heavy atom. The van der Waals surface area contributed by atoms with Crippen molar-refractivity contribution in [2.75, 3.05) is 6.61 Å². The molecule has 30 heavy (non-hydrogen) atoms. The lowest BCUT2D eigenvalue weighted by Gasteiger charge is -2.08. The van der Waals surface area contributed by atoms with Gasteiger partial charge < -0.3 is 9.15 Å². The molecule has 0 fully saturated rings. The number of benzene rings is 2. The van der Waals surface area contributed by atoms with E-state index in [1.54, 1.807) is 24.3 Å². The van der Waals surface area contributed by atoms with Gasteiger partial charge in [-0.3, -0.25) is 20.4 Å². The Morgan fingerprint density at radius 2 is 1.87 bits per heavy atom. The number of nitrogens with zero attached hydrogens (tertiary/aromatic N) is 1. The summed E-state index contributed by atoms with van der Waals surface area (Å²) in [7, 11) is 0. The highest BCUT2D eigenvalue weighted by Gasteiger charge is 2.13. The van der Waals surface area contributed by atoms with Crippen molar-refractivity contribution in [3.05, 3.63) is 71.8 Å². The van der Waals surface area contributed by atoms with Crippen LogP contribution in [0.15, 0.2) is 53.1 Å². The summed E-state index contributed by atoms with van der Waals surface area (Å²) in [5, 5.41) is 0. The fraction of sp³-hybridized carbons (Fsp3) is 0.190. The summed E-state index contributed by atoms with van der Waals surface area (Å²) in [6, 6.07) is 9.58. The second-order valence-electron chi connectivity index (χ2n) is 6.20. The molecule has 3 aromatic rings. The van der Waals surface area contributed by atoms with Gasteiger partial charge >= 0.3 is 0 Å². The number of aromatic nitrogens is 1. The molecule has 0 unspecified atom stereocenters. The topological polar surface area (TPSA) is 93.5 Å². The van der Waals surface area contributed by atoms with Gasteiger partial charge in [0.25, 0.3) is 5.91 Å². The third-order valence-corrected chi connectivity index (χ3v) is 4.06. The van der Waals surface area contributed by atoms with Crippen LogP contribution in [0.5, 0.6) is 5.75 Å². The number of rotatable bonds is 7. The number of oxazole rings is 1. The highest BCUT2D eigenvalue weighted by molar-refractivity contribution is 5.95. The molecule has 2 amide bonds. The van der Waals surface area contributed by atoms with Gasteiger partial charge in [-0.05, 0) is 43.3 Å². The largest absolute Gasteiger partial charge is 0.494 e. The number of hydrazine groups is 1. The van der Waals surface area contributed by atoms with E-state index in [4.69, 9.17) is 9.15 Å². The first-order valence-electron chi connectivity index (χ1n) is 9.18. The Labute approximate surface area is 171 Å². The summed E-state index contributed by atoms with van der Waals surface area (Å²) in [5.41, 5.74) is 5.05. The van der Waals surface area contributed by atoms with Crippen molar-refractivity contribution in [1.82, 2.24) is 15.8 Å². The highest BCUT2D eigenvalue weighted by atomic mass is 19.1. The molecule has 0 bridgehead atoms. The molecule has 0 atom stereocenters. The molecule has 9 heteroatoms. The lowest BCUT2D eigenvalue weighted by atomic mass is 10.2. The molecule has 0 saturated carbocycles. The maximum Gasteiger partial charge on any atom is 0.269 e. The summed E-state index contributed by atoms with van der Waals surface area (Å²) in [5.74, 6) is -1.41. The number of nitrogens with one attached hydrogen (secondary N) is 2. The van der Waals surface area contributed by atoms with Crippen LogP contribution >= 0.6 is 0 Å². The number of carbonyl (C=O) groups excluding carboxylic acids is 2. The molecular weight excluding hydrogens is 396 g/mol. The van der Waals surface area contributed by atoms with Gasteiger partial charge in [-0.15, -0.1) is 0 Å². The molecule has 0 aliphatic rings. The fourth-order valence-electron chi connectivity index (χ4n) is 2.59.